The number of nitrogens with two attached hydrogens (primary N) is 1. The molecule has 0 aliphatic carbocycles. The summed E-state index contributed by atoms with van der Waals surface area (Å²) in [5, 5.41) is 0. The van der Waals surface area contributed by atoms with Gasteiger partial charge >= 0.3 is 0 Å². The number of likely N-dealkylation sites (tertiary alicyclic amines) is 1. The van der Waals surface area contributed by atoms with Gasteiger partial charge in [0.2, 0.25) is 5.91 Å². The second-order valence-corrected chi connectivity index (χ2v) is 8.64. The lowest BCUT2D eigenvalue weighted by Gasteiger charge is -2.32. The molecule has 3 aromatic rings. The Bertz CT molecular complexity index is 1210. The summed E-state index contributed by atoms with van der Waals surface area (Å²) in [5.74, 6) is 1.55. The van der Waals surface area contributed by atoms with Gasteiger partial charge in [-0.05, 0) is 37.5 Å². The molecule has 1 unspecified atom stereocenters. The average Bonchev–Trinajstić information content (AvgIpc) is 3.15. The number of amides is 2. The Balaban J connectivity index is 1.41. The third-order valence-electron chi connectivity index (χ3n) is 6.42. The van der Waals surface area contributed by atoms with Crippen LogP contribution in [0.2, 0.25) is 0 Å². The summed E-state index contributed by atoms with van der Waals surface area (Å²) in [6, 6.07) is 13.3. The topological polar surface area (TPSA) is 105 Å². The number of piperidine rings is 1. The quantitative estimate of drug-likeness (QED) is 0.666. The maximum atomic E-state index is 13.1. The SMILES string of the molecule is Cc1nc(C2CCCN(C(=O)c3cccnc3N)C2)nc2c1CC(=O)N2Cc1ccccc1. The minimum absolute atomic E-state index is 0.00104. The van der Waals surface area contributed by atoms with Crippen molar-refractivity contribution < 1.29 is 9.59 Å². The van der Waals surface area contributed by atoms with Gasteiger partial charge in [0.15, 0.2) is 0 Å². The van der Waals surface area contributed by atoms with E-state index < -0.39 is 0 Å². The molecule has 33 heavy (non-hydrogen) atoms. The molecule has 1 atom stereocenters. The van der Waals surface area contributed by atoms with E-state index in [0.717, 1.165) is 29.7 Å². The van der Waals surface area contributed by atoms with Crippen LogP contribution in [0.4, 0.5) is 11.6 Å². The highest BCUT2D eigenvalue weighted by molar-refractivity contribution is 6.00. The molecule has 4 heterocycles. The molecule has 2 aliphatic rings. The monoisotopic (exact) mass is 442 g/mol. The fourth-order valence-corrected chi connectivity index (χ4v) is 4.65. The number of pyridine rings is 1. The van der Waals surface area contributed by atoms with Crippen LogP contribution >= 0.6 is 0 Å². The first-order valence-electron chi connectivity index (χ1n) is 11.2. The van der Waals surface area contributed by atoms with Gasteiger partial charge in [-0.2, -0.15) is 0 Å². The first kappa shape index (κ1) is 21.1. The van der Waals surface area contributed by atoms with Gasteiger partial charge in [-0.25, -0.2) is 15.0 Å². The van der Waals surface area contributed by atoms with E-state index in [2.05, 4.69) is 4.98 Å². The predicted octanol–water partition coefficient (Wildman–Crippen LogP) is 2.87. The molecule has 2 aromatic heterocycles. The third kappa shape index (κ3) is 4.04. The zero-order valence-corrected chi connectivity index (χ0v) is 18.6. The van der Waals surface area contributed by atoms with Gasteiger partial charge in [-0.1, -0.05) is 30.3 Å². The van der Waals surface area contributed by atoms with E-state index in [1.165, 1.54) is 0 Å². The number of benzene rings is 1. The molecule has 5 rings (SSSR count). The van der Waals surface area contributed by atoms with Crippen LogP contribution in [0.1, 0.15) is 51.8 Å². The predicted molar refractivity (Wildman–Crippen MR) is 125 cm³/mol. The van der Waals surface area contributed by atoms with Crippen LogP contribution in [0.25, 0.3) is 0 Å². The number of nitrogens with zero attached hydrogens (tertiary/aromatic N) is 5. The Morgan fingerprint density at radius 1 is 1.15 bits per heavy atom. The number of nitrogen functional groups attached to an aromatic ring is 1. The largest absolute Gasteiger partial charge is 0.383 e. The second-order valence-electron chi connectivity index (χ2n) is 8.64. The molecule has 2 N–H and O–H groups in total. The molecule has 1 aromatic carbocycles. The maximum absolute atomic E-state index is 13.1. The Morgan fingerprint density at radius 2 is 1.97 bits per heavy atom. The Kier molecular flexibility index (Phi) is 5.50. The minimum atomic E-state index is -0.121. The smallest absolute Gasteiger partial charge is 0.257 e. The summed E-state index contributed by atoms with van der Waals surface area (Å²) in [6.45, 7) is 3.59. The van der Waals surface area contributed by atoms with Gasteiger partial charge in [0, 0.05) is 36.5 Å². The Labute approximate surface area is 192 Å². The fraction of sp³-hybridized carbons (Fsp3) is 0.320. The average molecular weight is 443 g/mol. The number of carbonyl (C=O) groups excluding carboxylic acids is 2. The van der Waals surface area contributed by atoms with Crippen LogP contribution in [-0.2, 0) is 17.8 Å². The lowest BCUT2D eigenvalue weighted by Crippen LogP contribution is -2.40. The van der Waals surface area contributed by atoms with Crippen LogP contribution in [-0.4, -0.2) is 44.8 Å². The molecule has 0 bridgehead atoms. The summed E-state index contributed by atoms with van der Waals surface area (Å²) in [4.78, 5) is 43.1. The number of rotatable bonds is 4. The maximum Gasteiger partial charge on any atom is 0.257 e. The third-order valence-corrected chi connectivity index (χ3v) is 6.42. The van der Waals surface area contributed by atoms with E-state index in [0.29, 0.717) is 43.3 Å². The zero-order valence-electron chi connectivity index (χ0n) is 18.6. The van der Waals surface area contributed by atoms with Crippen molar-refractivity contribution in [2.45, 2.75) is 38.6 Å². The summed E-state index contributed by atoms with van der Waals surface area (Å²) in [6.07, 6.45) is 3.64. The van der Waals surface area contributed by atoms with Crippen LogP contribution in [0, 0.1) is 6.92 Å². The number of aryl methyl sites for hydroxylation is 1. The van der Waals surface area contributed by atoms with Crippen molar-refractivity contribution >= 4 is 23.5 Å². The van der Waals surface area contributed by atoms with Gasteiger partial charge in [0.1, 0.15) is 17.5 Å². The standard InChI is InChI=1S/C25H26N6O2/c1-16-20-13-21(32)31(14-17-7-3-2-4-8-17)24(20)29-23(28-16)18-9-6-12-30(15-18)25(33)19-10-5-11-27-22(19)26/h2-5,7-8,10-11,18H,6,9,12-15H2,1H3,(H2,26,27). The molecule has 2 aliphatic heterocycles. The van der Waals surface area contributed by atoms with Gasteiger partial charge in [-0.3, -0.25) is 14.5 Å². The van der Waals surface area contributed by atoms with E-state index in [9.17, 15) is 9.59 Å². The number of aromatic nitrogens is 3. The van der Waals surface area contributed by atoms with Crippen molar-refractivity contribution in [1.82, 2.24) is 19.9 Å². The van der Waals surface area contributed by atoms with Crippen LogP contribution in [0.15, 0.2) is 48.7 Å². The van der Waals surface area contributed by atoms with Crippen molar-refractivity contribution in [2.75, 3.05) is 23.7 Å². The molecule has 1 saturated heterocycles. The van der Waals surface area contributed by atoms with Crippen LogP contribution in [0.3, 0.4) is 0 Å². The summed E-state index contributed by atoms with van der Waals surface area (Å²) in [7, 11) is 0. The number of carbonyl (C=O) groups is 2. The lowest BCUT2D eigenvalue weighted by atomic mass is 9.96. The summed E-state index contributed by atoms with van der Waals surface area (Å²) >= 11 is 0. The van der Waals surface area contributed by atoms with E-state index >= 15 is 0 Å². The van der Waals surface area contributed by atoms with E-state index in [1.54, 1.807) is 28.1 Å². The summed E-state index contributed by atoms with van der Waals surface area (Å²) < 4.78 is 0. The van der Waals surface area contributed by atoms with E-state index in [-0.39, 0.29) is 23.6 Å². The number of hydrogen-bond donors (Lipinski definition) is 1. The Hall–Kier alpha value is -3.81. The van der Waals surface area contributed by atoms with Crippen molar-refractivity contribution in [3.05, 3.63) is 76.9 Å². The fourth-order valence-electron chi connectivity index (χ4n) is 4.65. The first-order valence-corrected chi connectivity index (χ1v) is 11.2. The minimum Gasteiger partial charge on any atom is -0.383 e. The van der Waals surface area contributed by atoms with Crippen molar-refractivity contribution in [3.63, 3.8) is 0 Å². The van der Waals surface area contributed by atoms with Gasteiger partial charge in [0.05, 0.1) is 18.5 Å². The molecule has 1 fully saturated rings. The molecule has 2 amide bonds. The van der Waals surface area contributed by atoms with Crippen LogP contribution < -0.4 is 10.6 Å². The van der Waals surface area contributed by atoms with Gasteiger partial charge in [0.25, 0.3) is 5.91 Å². The number of fused-ring (bicyclic) bond motifs is 1. The number of hydrogen-bond acceptors (Lipinski definition) is 6. The first-order chi connectivity index (χ1) is 16.0. The molecule has 0 spiro atoms. The highest BCUT2D eigenvalue weighted by atomic mass is 16.2. The van der Waals surface area contributed by atoms with Crippen molar-refractivity contribution in [1.29, 1.82) is 0 Å². The second kappa shape index (κ2) is 8.61. The molecular formula is C25H26N6O2. The van der Waals surface area contributed by atoms with Gasteiger partial charge in [-0.15, -0.1) is 0 Å². The molecular weight excluding hydrogens is 416 g/mol. The van der Waals surface area contributed by atoms with E-state index in [4.69, 9.17) is 15.7 Å². The number of anilines is 2. The van der Waals surface area contributed by atoms with Gasteiger partial charge < -0.3 is 10.6 Å². The highest BCUT2D eigenvalue weighted by Crippen LogP contribution is 2.34. The van der Waals surface area contributed by atoms with Crippen LogP contribution in [0.5, 0.6) is 0 Å². The summed E-state index contributed by atoms with van der Waals surface area (Å²) in [5.41, 5.74) is 9.13. The van der Waals surface area contributed by atoms with Crippen molar-refractivity contribution in [3.8, 4) is 0 Å². The zero-order chi connectivity index (χ0) is 22.9. The molecule has 8 heteroatoms. The highest BCUT2D eigenvalue weighted by Gasteiger charge is 2.34. The molecule has 168 valence electrons. The van der Waals surface area contributed by atoms with Crippen molar-refractivity contribution in [2.24, 2.45) is 0 Å². The lowest BCUT2D eigenvalue weighted by molar-refractivity contribution is -0.117. The Morgan fingerprint density at radius 3 is 2.76 bits per heavy atom. The molecule has 0 radical (unpaired) electrons. The normalized spacial score (nSPS) is 17.8. The van der Waals surface area contributed by atoms with E-state index in [1.807, 2.05) is 37.3 Å². The molecule has 0 saturated carbocycles. The molecule has 8 nitrogen and oxygen atoms in total.